The Bertz CT molecular complexity index is 672. The molecule has 0 spiro atoms. The van der Waals surface area contributed by atoms with E-state index >= 15 is 0 Å². The molecule has 0 atom stereocenters. The summed E-state index contributed by atoms with van der Waals surface area (Å²) < 4.78 is 31.2. The van der Waals surface area contributed by atoms with E-state index in [1.165, 1.54) is 4.31 Å². The summed E-state index contributed by atoms with van der Waals surface area (Å²) in [5.74, 6) is -0.296. The lowest BCUT2D eigenvalue weighted by Gasteiger charge is -2.33. The van der Waals surface area contributed by atoms with Gasteiger partial charge in [-0.1, -0.05) is 25.5 Å². The third-order valence-corrected chi connectivity index (χ3v) is 5.17. The predicted octanol–water partition coefficient (Wildman–Crippen LogP) is 1.21. The van der Waals surface area contributed by atoms with E-state index in [0.29, 0.717) is 38.5 Å². The van der Waals surface area contributed by atoms with Crippen LogP contribution in [0.2, 0.25) is 0 Å². The SMILES string of the molecule is CCCCNC(=O)CN(c1ccccc1N1CCOCC1)S(C)(=O)=O. The maximum Gasteiger partial charge on any atom is 0.240 e. The zero-order chi connectivity index (χ0) is 18.3. The van der Waals surface area contributed by atoms with Crippen molar-refractivity contribution in [2.45, 2.75) is 19.8 Å². The molecule has 1 aliphatic rings. The Morgan fingerprint density at radius 1 is 1.28 bits per heavy atom. The van der Waals surface area contributed by atoms with Gasteiger partial charge in [-0.2, -0.15) is 0 Å². The fourth-order valence-corrected chi connectivity index (χ4v) is 3.58. The Morgan fingerprint density at radius 2 is 1.96 bits per heavy atom. The number of anilines is 2. The number of sulfonamides is 1. The highest BCUT2D eigenvalue weighted by Crippen LogP contribution is 2.31. The average Bonchev–Trinajstić information content (AvgIpc) is 2.60. The Labute approximate surface area is 150 Å². The van der Waals surface area contributed by atoms with Crippen molar-refractivity contribution in [3.8, 4) is 0 Å². The topological polar surface area (TPSA) is 79.0 Å². The van der Waals surface area contributed by atoms with Crippen LogP contribution in [0, 0.1) is 0 Å². The van der Waals surface area contributed by atoms with Gasteiger partial charge in [0.2, 0.25) is 15.9 Å². The predicted molar refractivity (Wildman–Crippen MR) is 99.6 cm³/mol. The van der Waals surface area contributed by atoms with Crippen LogP contribution in [-0.2, 0) is 19.6 Å². The number of hydrogen-bond acceptors (Lipinski definition) is 5. The van der Waals surface area contributed by atoms with Crippen molar-refractivity contribution in [1.29, 1.82) is 0 Å². The summed E-state index contributed by atoms with van der Waals surface area (Å²) in [7, 11) is -3.59. The van der Waals surface area contributed by atoms with Crippen molar-refractivity contribution >= 4 is 27.3 Å². The van der Waals surface area contributed by atoms with E-state index in [-0.39, 0.29) is 12.5 Å². The van der Waals surface area contributed by atoms with Crippen LogP contribution in [0.4, 0.5) is 11.4 Å². The minimum atomic E-state index is -3.59. The van der Waals surface area contributed by atoms with Crippen LogP contribution in [0.5, 0.6) is 0 Å². The molecular formula is C17H27N3O4S. The van der Waals surface area contributed by atoms with Gasteiger partial charge in [-0.15, -0.1) is 0 Å². The molecule has 0 bridgehead atoms. The summed E-state index contributed by atoms with van der Waals surface area (Å²) in [6, 6.07) is 7.28. The van der Waals surface area contributed by atoms with Crippen molar-refractivity contribution < 1.29 is 17.9 Å². The van der Waals surface area contributed by atoms with Crippen molar-refractivity contribution in [3.63, 3.8) is 0 Å². The second-order valence-corrected chi connectivity index (χ2v) is 7.97. The second kappa shape index (κ2) is 9.05. The maximum absolute atomic E-state index is 12.3. The number of para-hydroxylation sites is 2. The van der Waals surface area contributed by atoms with Gasteiger partial charge in [-0.3, -0.25) is 9.10 Å². The molecule has 0 aromatic heterocycles. The zero-order valence-electron chi connectivity index (χ0n) is 14.9. The van der Waals surface area contributed by atoms with Gasteiger partial charge in [0, 0.05) is 19.6 Å². The van der Waals surface area contributed by atoms with Gasteiger partial charge < -0.3 is 15.0 Å². The number of hydrogen-bond donors (Lipinski definition) is 1. The molecule has 1 saturated heterocycles. The van der Waals surface area contributed by atoms with Crippen LogP contribution in [0.15, 0.2) is 24.3 Å². The van der Waals surface area contributed by atoms with Gasteiger partial charge in [-0.25, -0.2) is 8.42 Å². The number of carbonyl (C=O) groups excluding carboxylic acids is 1. The normalized spacial score (nSPS) is 15.0. The molecule has 1 heterocycles. The summed E-state index contributed by atoms with van der Waals surface area (Å²) >= 11 is 0. The zero-order valence-corrected chi connectivity index (χ0v) is 15.7. The lowest BCUT2D eigenvalue weighted by Crippen LogP contribution is -2.42. The minimum absolute atomic E-state index is 0.218. The van der Waals surface area contributed by atoms with Gasteiger partial charge in [0.15, 0.2) is 0 Å². The van der Waals surface area contributed by atoms with Crippen molar-refractivity contribution in [2.75, 3.05) is 54.9 Å². The average molecular weight is 369 g/mol. The van der Waals surface area contributed by atoms with Crippen LogP contribution >= 0.6 is 0 Å². The number of nitrogens with zero attached hydrogens (tertiary/aromatic N) is 2. The van der Waals surface area contributed by atoms with E-state index in [2.05, 4.69) is 10.2 Å². The summed E-state index contributed by atoms with van der Waals surface area (Å²) in [4.78, 5) is 14.3. The second-order valence-electron chi connectivity index (χ2n) is 6.06. The van der Waals surface area contributed by atoms with Crippen LogP contribution in [0.3, 0.4) is 0 Å². The molecule has 1 amide bonds. The molecule has 0 radical (unpaired) electrons. The smallest absolute Gasteiger partial charge is 0.240 e. The van der Waals surface area contributed by atoms with Crippen molar-refractivity contribution in [2.24, 2.45) is 0 Å². The summed E-state index contributed by atoms with van der Waals surface area (Å²) in [6.45, 7) is 4.96. The summed E-state index contributed by atoms with van der Waals surface area (Å²) in [5.41, 5.74) is 1.33. The van der Waals surface area contributed by atoms with Crippen molar-refractivity contribution in [3.05, 3.63) is 24.3 Å². The highest BCUT2D eigenvalue weighted by atomic mass is 32.2. The quantitative estimate of drug-likeness (QED) is 0.697. The molecule has 0 unspecified atom stereocenters. The first-order chi connectivity index (χ1) is 11.9. The Morgan fingerprint density at radius 3 is 2.60 bits per heavy atom. The van der Waals surface area contributed by atoms with Crippen molar-refractivity contribution in [1.82, 2.24) is 5.32 Å². The van der Waals surface area contributed by atoms with Crippen LogP contribution in [0.25, 0.3) is 0 Å². The van der Waals surface area contributed by atoms with E-state index < -0.39 is 10.0 Å². The van der Waals surface area contributed by atoms with Gasteiger partial charge in [0.1, 0.15) is 6.54 Å². The molecule has 140 valence electrons. The third kappa shape index (κ3) is 5.61. The number of nitrogens with one attached hydrogen (secondary N) is 1. The Balaban J connectivity index is 2.25. The highest BCUT2D eigenvalue weighted by Gasteiger charge is 2.25. The first-order valence-electron chi connectivity index (χ1n) is 8.59. The molecule has 1 aliphatic heterocycles. The van der Waals surface area contributed by atoms with Gasteiger partial charge in [-0.05, 0) is 18.6 Å². The molecule has 1 N–H and O–H groups in total. The number of unbranched alkanes of at least 4 members (excludes halogenated alkanes) is 1. The first kappa shape index (κ1) is 19.5. The highest BCUT2D eigenvalue weighted by molar-refractivity contribution is 7.92. The molecule has 0 saturated carbocycles. The molecule has 25 heavy (non-hydrogen) atoms. The van der Waals surface area contributed by atoms with Crippen LogP contribution in [-0.4, -0.2) is 60.0 Å². The monoisotopic (exact) mass is 369 g/mol. The number of benzene rings is 1. The van der Waals surface area contributed by atoms with Crippen LogP contribution in [0.1, 0.15) is 19.8 Å². The Kier molecular flexibility index (Phi) is 7.07. The lowest BCUT2D eigenvalue weighted by atomic mass is 10.2. The van der Waals surface area contributed by atoms with E-state index in [9.17, 15) is 13.2 Å². The van der Waals surface area contributed by atoms with Gasteiger partial charge in [0.25, 0.3) is 0 Å². The summed E-state index contributed by atoms with van der Waals surface area (Å²) in [6.07, 6.45) is 2.97. The molecule has 7 nitrogen and oxygen atoms in total. The number of amides is 1. The van der Waals surface area contributed by atoms with E-state index in [0.717, 1.165) is 24.8 Å². The van der Waals surface area contributed by atoms with Gasteiger partial charge >= 0.3 is 0 Å². The maximum atomic E-state index is 12.3. The summed E-state index contributed by atoms with van der Waals surface area (Å²) in [5, 5.41) is 2.78. The van der Waals surface area contributed by atoms with E-state index in [4.69, 9.17) is 4.74 Å². The number of ether oxygens (including phenoxy) is 1. The lowest BCUT2D eigenvalue weighted by molar-refractivity contribution is -0.119. The fraction of sp³-hybridized carbons (Fsp3) is 0.588. The molecule has 2 rings (SSSR count). The van der Waals surface area contributed by atoms with Crippen LogP contribution < -0.4 is 14.5 Å². The fourth-order valence-electron chi connectivity index (χ4n) is 2.72. The molecule has 8 heteroatoms. The number of carbonyl (C=O) groups is 1. The third-order valence-electron chi connectivity index (χ3n) is 4.04. The number of morpholine rings is 1. The molecule has 1 aromatic rings. The Hall–Kier alpha value is -1.80. The molecule has 1 aromatic carbocycles. The first-order valence-corrected chi connectivity index (χ1v) is 10.4. The largest absolute Gasteiger partial charge is 0.378 e. The number of rotatable bonds is 8. The molecular weight excluding hydrogens is 342 g/mol. The van der Waals surface area contributed by atoms with E-state index in [1.807, 2.05) is 19.1 Å². The van der Waals surface area contributed by atoms with Gasteiger partial charge in [0.05, 0.1) is 30.8 Å². The molecule has 0 aliphatic carbocycles. The standard InChI is InChI=1S/C17H27N3O4S/c1-3-4-9-18-17(21)14-20(25(2,22)23)16-8-6-5-7-15(16)19-10-12-24-13-11-19/h5-8H,3-4,9-14H2,1-2H3,(H,18,21). The molecule has 1 fully saturated rings. The minimum Gasteiger partial charge on any atom is -0.378 e. The van der Waals surface area contributed by atoms with E-state index in [1.54, 1.807) is 12.1 Å².